The van der Waals surface area contributed by atoms with Crippen LogP contribution < -0.4 is 5.32 Å². The molecule has 0 aliphatic carbocycles. The van der Waals surface area contributed by atoms with Gasteiger partial charge in [0, 0.05) is 13.6 Å². The first kappa shape index (κ1) is 14.0. The number of amides is 4. The summed E-state index contributed by atoms with van der Waals surface area (Å²) in [6.07, 6.45) is 0. The summed E-state index contributed by atoms with van der Waals surface area (Å²) in [6.45, 7) is 2.15. The molecule has 0 unspecified atom stereocenters. The molecule has 1 fully saturated rings. The second-order valence-corrected chi connectivity index (χ2v) is 4.82. The number of benzene rings is 1. The first-order chi connectivity index (χ1) is 9.49. The maximum atomic E-state index is 11.8. The standard InChI is InChI=1S/C14H17N3O3/c1-10-5-3-4-6-11(10)7-15-12(18)8-17-13(19)9-16(2)14(17)20/h3-6H,7-9H2,1-2H3,(H,15,18). The zero-order chi connectivity index (χ0) is 14.7. The van der Waals surface area contributed by atoms with Gasteiger partial charge in [0.05, 0.1) is 0 Å². The van der Waals surface area contributed by atoms with Crippen molar-refractivity contribution in [2.75, 3.05) is 20.1 Å². The largest absolute Gasteiger partial charge is 0.350 e. The van der Waals surface area contributed by atoms with Crippen molar-refractivity contribution in [3.8, 4) is 0 Å². The number of hydrogen-bond donors (Lipinski definition) is 1. The van der Waals surface area contributed by atoms with Gasteiger partial charge in [0.1, 0.15) is 13.1 Å². The van der Waals surface area contributed by atoms with Crippen molar-refractivity contribution in [2.45, 2.75) is 13.5 Å². The van der Waals surface area contributed by atoms with Crippen LogP contribution in [0.1, 0.15) is 11.1 Å². The number of likely N-dealkylation sites (N-methyl/N-ethyl adjacent to an activating group) is 1. The van der Waals surface area contributed by atoms with Gasteiger partial charge >= 0.3 is 6.03 Å². The van der Waals surface area contributed by atoms with Gasteiger partial charge in [-0.15, -0.1) is 0 Å². The molecule has 0 radical (unpaired) electrons. The third kappa shape index (κ3) is 2.96. The number of nitrogens with zero attached hydrogens (tertiary/aromatic N) is 2. The number of imide groups is 1. The molecule has 1 heterocycles. The van der Waals surface area contributed by atoms with E-state index in [1.54, 1.807) is 0 Å². The zero-order valence-electron chi connectivity index (χ0n) is 11.5. The van der Waals surface area contributed by atoms with Gasteiger partial charge in [-0.1, -0.05) is 24.3 Å². The van der Waals surface area contributed by atoms with E-state index in [-0.39, 0.29) is 24.9 Å². The Morgan fingerprint density at radius 3 is 2.60 bits per heavy atom. The molecule has 2 rings (SSSR count). The lowest BCUT2D eigenvalue weighted by atomic mass is 10.1. The van der Waals surface area contributed by atoms with Crippen molar-refractivity contribution in [3.63, 3.8) is 0 Å². The summed E-state index contributed by atoms with van der Waals surface area (Å²) in [5.41, 5.74) is 2.10. The Balaban J connectivity index is 1.89. The highest BCUT2D eigenvalue weighted by molar-refractivity contribution is 6.04. The third-order valence-electron chi connectivity index (χ3n) is 3.27. The summed E-state index contributed by atoms with van der Waals surface area (Å²) in [7, 11) is 1.53. The fraction of sp³-hybridized carbons (Fsp3) is 0.357. The van der Waals surface area contributed by atoms with Crippen LogP contribution in [0.25, 0.3) is 0 Å². The van der Waals surface area contributed by atoms with Gasteiger partial charge in [0.2, 0.25) is 5.91 Å². The van der Waals surface area contributed by atoms with Gasteiger partial charge in [0.25, 0.3) is 5.91 Å². The highest BCUT2D eigenvalue weighted by Gasteiger charge is 2.34. The number of carbonyl (C=O) groups is 3. The highest BCUT2D eigenvalue weighted by Crippen LogP contribution is 2.08. The molecule has 6 nitrogen and oxygen atoms in total. The number of nitrogens with one attached hydrogen (secondary N) is 1. The van der Waals surface area contributed by atoms with Crippen LogP contribution in [0.15, 0.2) is 24.3 Å². The Labute approximate surface area is 117 Å². The molecule has 1 aromatic carbocycles. The molecule has 1 aliphatic heterocycles. The first-order valence-electron chi connectivity index (χ1n) is 6.35. The van der Waals surface area contributed by atoms with Crippen molar-refractivity contribution < 1.29 is 14.4 Å². The van der Waals surface area contributed by atoms with Crippen LogP contribution >= 0.6 is 0 Å². The summed E-state index contributed by atoms with van der Waals surface area (Å²) >= 11 is 0. The molecule has 20 heavy (non-hydrogen) atoms. The molecule has 0 saturated carbocycles. The molecule has 1 aromatic rings. The smallest absolute Gasteiger partial charge is 0.327 e. The van der Waals surface area contributed by atoms with Gasteiger partial charge in [0.15, 0.2) is 0 Å². The van der Waals surface area contributed by atoms with E-state index in [0.717, 1.165) is 16.0 Å². The molecule has 1 N–H and O–H groups in total. The van der Waals surface area contributed by atoms with Crippen molar-refractivity contribution >= 4 is 17.8 Å². The van der Waals surface area contributed by atoms with Crippen molar-refractivity contribution in [2.24, 2.45) is 0 Å². The molecule has 0 bridgehead atoms. The molecule has 0 aromatic heterocycles. The summed E-state index contributed by atoms with van der Waals surface area (Å²) in [6, 6.07) is 7.29. The topological polar surface area (TPSA) is 69.7 Å². The fourth-order valence-electron chi connectivity index (χ4n) is 2.03. The SMILES string of the molecule is Cc1ccccc1CNC(=O)CN1C(=O)CN(C)C1=O. The number of rotatable bonds is 4. The van der Waals surface area contributed by atoms with Crippen molar-refractivity contribution in [1.82, 2.24) is 15.1 Å². The lowest BCUT2D eigenvalue weighted by Crippen LogP contribution is -2.40. The molecule has 106 valence electrons. The van der Waals surface area contributed by atoms with Crippen LogP contribution in [-0.2, 0) is 16.1 Å². The molecule has 6 heteroatoms. The number of aryl methyl sites for hydroxylation is 1. The van der Waals surface area contributed by atoms with Crippen LogP contribution in [0.4, 0.5) is 4.79 Å². The fourth-order valence-corrected chi connectivity index (χ4v) is 2.03. The maximum Gasteiger partial charge on any atom is 0.327 e. The second kappa shape index (κ2) is 5.73. The number of urea groups is 1. The van der Waals surface area contributed by atoms with Gasteiger partial charge in [-0.3, -0.25) is 14.5 Å². The molecule has 4 amide bonds. The van der Waals surface area contributed by atoms with Crippen LogP contribution in [0.3, 0.4) is 0 Å². The summed E-state index contributed by atoms with van der Waals surface area (Å²) in [5.74, 6) is -0.686. The molecule has 1 saturated heterocycles. The van der Waals surface area contributed by atoms with E-state index < -0.39 is 6.03 Å². The molecule has 1 aliphatic rings. The minimum Gasteiger partial charge on any atom is -0.350 e. The van der Waals surface area contributed by atoms with E-state index >= 15 is 0 Å². The average molecular weight is 275 g/mol. The van der Waals surface area contributed by atoms with E-state index in [2.05, 4.69) is 5.32 Å². The predicted molar refractivity (Wildman–Crippen MR) is 72.8 cm³/mol. The monoisotopic (exact) mass is 275 g/mol. The van der Waals surface area contributed by atoms with E-state index in [1.165, 1.54) is 11.9 Å². The molecule has 0 spiro atoms. The lowest BCUT2D eigenvalue weighted by Gasteiger charge is -2.14. The summed E-state index contributed by atoms with van der Waals surface area (Å²) in [5, 5.41) is 2.72. The Hall–Kier alpha value is -2.37. The molecular weight excluding hydrogens is 258 g/mol. The van der Waals surface area contributed by atoms with Crippen LogP contribution in [0.5, 0.6) is 0 Å². The highest BCUT2D eigenvalue weighted by atomic mass is 16.2. The second-order valence-electron chi connectivity index (χ2n) is 4.82. The van der Waals surface area contributed by atoms with Crippen LogP contribution in [0.2, 0.25) is 0 Å². The minimum absolute atomic E-state index is 0.0317. The Morgan fingerprint density at radius 1 is 1.30 bits per heavy atom. The third-order valence-corrected chi connectivity index (χ3v) is 3.27. The average Bonchev–Trinajstić information content (AvgIpc) is 2.64. The van der Waals surface area contributed by atoms with E-state index in [1.807, 2.05) is 31.2 Å². The van der Waals surface area contributed by atoms with E-state index in [0.29, 0.717) is 6.54 Å². The van der Waals surface area contributed by atoms with Gasteiger partial charge in [-0.2, -0.15) is 0 Å². The normalized spacial score (nSPS) is 14.9. The summed E-state index contributed by atoms with van der Waals surface area (Å²) in [4.78, 5) is 37.2. The Bertz CT molecular complexity index is 556. The summed E-state index contributed by atoms with van der Waals surface area (Å²) < 4.78 is 0. The maximum absolute atomic E-state index is 11.8. The number of carbonyl (C=O) groups excluding carboxylic acids is 3. The van der Waals surface area contributed by atoms with Gasteiger partial charge in [-0.25, -0.2) is 4.79 Å². The van der Waals surface area contributed by atoms with E-state index in [9.17, 15) is 14.4 Å². The molecule has 0 atom stereocenters. The van der Waals surface area contributed by atoms with Gasteiger partial charge in [-0.05, 0) is 18.1 Å². The van der Waals surface area contributed by atoms with Crippen LogP contribution in [0, 0.1) is 6.92 Å². The Kier molecular flexibility index (Phi) is 4.02. The zero-order valence-corrected chi connectivity index (χ0v) is 11.5. The van der Waals surface area contributed by atoms with Crippen molar-refractivity contribution in [1.29, 1.82) is 0 Å². The van der Waals surface area contributed by atoms with Gasteiger partial charge < -0.3 is 10.2 Å². The number of hydrogen-bond acceptors (Lipinski definition) is 3. The van der Waals surface area contributed by atoms with Crippen LogP contribution in [-0.4, -0.2) is 47.8 Å². The predicted octanol–water partition coefficient (Wildman–Crippen LogP) is 0.505. The van der Waals surface area contributed by atoms with E-state index in [4.69, 9.17) is 0 Å². The molecular formula is C14H17N3O3. The Morgan fingerprint density at radius 2 is 2.00 bits per heavy atom. The quantitative estimate of drug-likeness (QED) is 0.814. The lowest BCUT2D eigenvalue weighted by molar-refractivity contribution is -0.130. The first-order valence-corrected chi connectivity index (χ1v) is 6.35. The minimum atomic E-state index is -0.430. The van der Waals surface area contributed by atoms with Crippen molar-refractivity contribution in [3.05, 3.63) is 35.4 Å².